The van der Waals surface area contributed by atoms with Crippen LogP contribution in [-0.4, -0.2) is 35.9 Å². The summed E-state index contributed by atoms with van der Waals surface area (Å²) >= 11 is 1.29. The van der Waals surface area contributed by atoms with Gasteiger partial charge in [-0.2, -0.15) is 8.42 Å². The van der Waals surface area contributed by atoms with Crippen molar-refractivity contribution in [3.05, 3.63) is 63.9 Å². The molecule has 3 rings (SSSR count). The molecule has 0 aliphatic heterocycles. The van der Waals surface area contributed by atoms with E-state index in [9.17, 15) is 12.8 Å². The molecule has 2 N–H and O–H groups in total. The molecular weight excluding hydrogens is 449 g/mol. The second kappa shape index (κ2) is 9.51. The van der Waals surface area contributed by atoms with Crippen molar-refractivity contribution >= 4 is 32.9 Å². The van der Waals surface area contributed by atoms with E-state index in [1.54, 1.807) is 29.9 Å². The van der Waals surface area contributed by atoms with Crippen LogP contribution in [0, 0.1) is 12.7 Å². The molecule has 0 amide bonds. The molecule has 0 aliphatic carbocycles. The number of sulfonamides is 1. The van der Waals surface area contributed by atoms with Gasteiger partial charge in [0.05, 0.1) is 16.9 Å². The molecule has 2 heterocycles. The van der Waals surface area contributed by atoms with Crippen LogP contribution < -0.4 is 10.0 Å². The minimum absolute atomic E-state index is 0.0502. The van der Waals surface area contributed by atoms with Crippen LogP contribution in [0.2, 0.25) is 0 Å². The lowest BCUT2D eigenvalue weighted by Crippen LogP contribution is -2.37. The van der Waals surface area contributed by atoms with Gasteiger partial charge >= 0.3 is 0 Å². The topological polar surface area (TPSA) is 87.2 Å². The highest BCUT2D eigenvalue weighted by atomic mass is 32.2. The molecule has 0 spiro atoms. The minimum atomic E-state index is -3.84. The van der Waals surface area contributed by atoms with Crippen molar-refractivity contribution in [3.63, 3.8) is 0 Å². The van der Waals surface area contributed by atoms with Crippen molar-refractivity contribution in [1.29, 1.82) is 0 Å². The number of anilines is 2. The average Bonchev–Trinajstić information content (AvgIpc) is 3.20. The zero-order valence-electron chi connectivity index (χ0n) is 18.8. The molecule has 1 aromatic carbocycles. The molecule has 10 heteroatoms. The number of halogens is 1. The molecule has 0 saturated heterocycles. The summed E-state index contributed by atoms with van der Waals surface area (Å²) in [6, 6.07) is 8.14. The third-order valence-corrected chi connectivity index (χ3v) is 7.07. The number of nitrogens with one attached hydrogen (secondary N) is 2. The van der Waals surface area contributed by atoms with Crippen LogP contribution in [0.25, 0.3) is 0 Å². The van der Waals surface area contributed by atoms with Gasteiger partial charge in [0.25, 0.3) is 10.0 Å². The van der Waals surface area contributed by atoms with Gasteiger partial charge in [0.15, 0.2) is 10.8 Å². The van der Waals surface area contributed by atoms with Gasteiger partial charge in [-0.3, -0.25) is 9.62 Å². The van der Waals surface area contributed by atoms with Gasteiger partial charge in [0, 0.05) is 29.6 Å². The van der Waals surface area contributed by atoms with Crippen LogP contribution in [0.1, 0.15) is 37.6 Å². The summed E-state index contributed by atoms with van der Waals surface area (Å²) in [6.45, 7) is 8.90. The zero-order chi connectivity index (χ0) is 23.5. The van der Waals surface area contributed by atoms with Gasteiger partial charge in [-0.15, -0.1) is 11.3 Å². The van der Waals surface area contributed by atoms with Crippen molar-refractivity contribution in [2.24, 2.45) is 0 Å². The summed E-state index contributed by atoms with van der Waals surface area (Å²) in [6.07, 6.45) is 0. The monoisotopic (exact) mass is 477 g/mol. The Morgan fingerprint density at radius 1 is 1.19 bits per heavy atom. The van der Waals surface area contributed by atoms with E-state index in [-0.39, 0.29) is 28.7 Å². The molecule has 0 aliphatic rings. The Morgan fingerprint density at radius 3 is 2.56 bits per heavy atom. The summed E-state index contributed by atoms with van der Waals surface area (Å²) in [5.41, 5.74) is 4.09. The lowest BCUT2D eigenvalue weighted by molar-refractivity contribution is 0.167. The largest absolute Gasteiger partial charge is 0.379 e. The van der Waals surface area contributed by atoms with E-state index in [1.807, 2.05) is 13.1 Å². The summed E-state index contributed by atoms with van der Waals surface area (Å²) < 4.78 is 42.1. The van der Waals surface area contributed by atoms with Crippen molar-refractivity contribution in [2.45, 2.75) is 51.3 Å². The van der Waals surface area contributed by atoms with E-state index in [0.717, 1.165) is 5.56 Å². The van der Waals surface area contributed by atoms with Gasteiger partial charge in [-0.25, -0.2) is 14.4 Å². The van der Waals surface area contributed by atoms with E-state index >= 15 is 0 Å². The average molecular weight is 478 g/mol. The molecule has 2 aromatic heterocycles. The minimum Gasteiger partial charge on any atom is -0.379 e. The summed E-state index contributed by atoms with van der Waals surface area (Å²) in [5, 5.41) is 4.70. The second-order valence-electron chi connectivity index (χ2n) is 8.52. The number of pyridine rings is 1. The molecule has 7 nitrogen and oxygen atoms in total. The van der Waals surface area contributed by atoms with Crippen molar-refractivity contribution in [3.8, 4) is 0 Å². The van der Waals surface area contributed by atoms with Gasteiger partial charge < -0.3 is 5.32 Å². The van der Waals surface area contributed by atoms with E-state index < -0.39 is 10.0 Å². The maximum Gasteiger partial charge on any atom is 0.280 e. The SMILES string of the molecule is Cc1nc(S(=O)(=O)Nc2cscn2)ccc1NCc1c(F)cccc1CN(C)C(C)(C)C. The van der Waals surface area contributed by atoms with Crippen LogP contribution in [0.15, 0.2) is 46.2 Å². The van der Waals surface area contributed by atoms with Crippen LogP contribution >= 0.6 is 11.3 Å². The van der Waals surface area contributed by atoms with Gasteiger partial charge in [-0.1, -0.05) is 12.1 Å². The fourth-order valence-electron chi connectivity index (χ4n) is 2.95. The smallest absolute Gasteiger partial charge is 0.280 e. The van der Waals surface area contributed by atoms with Crippen LogP contribution in [-0.2, 0) is 23.1 Å². The molecule has 3 aromatic rings. The number of nitrogens with zero attached hydrogens (tertiary/aromatic N) is 3. The molecule has 0 fully saturated rings. The van der Waals surface area contributed by atoms with Crippen molar-refractivity contribution in [1.82, 2.24) is 14.9 Å². The predicted octanol–water partition coefficient (Wildman–Crippen LogP) is 4.63. The highest BCUT2D eigenvalue weighted by molar-refractivity contribution is 7.92. The Balaban J connectivity index is 1.77. The first-order valence-electron chi connectivity index (χ1n) is 10.1. The Bertz CT molecular complexity index is 1180. The summed E-state index contributed by atoms with van der Waals surface area (Å²) in [4.78, 5) is 10.3. The highest BCUT2D eigenvalue weighted by Gasteiger charge is 2.20. The van der Waals surface area contributed by atoms with Crippen molar-refractivity contribution in [2.75, 3.05) is 17.1 Å². The number of hydrogen-bond acceptors (Lipinski definition) is 7. The summed E-state index contributed by atoms with van der Waals surface area (Å²) in [5.74, 6) is -0.0291. The number of rotatable bonds is 8. The third kappa shape index (κ3) is 5.81. The van der Waals surface area contributed by atoms with E-state index in [0.29, 0.717) is 23.5 Å². The van der Waals surface area contributed by atoms with Gasteiger partial charge in [-0.05, 0) is 58.5 Å². The maximum atomic E-state index is 14.6. The first kappa shape index (κ1) is 24.1. The molecule has 0 bridgehead atoms. The number of benzene rings is 1. The molecule has 0 radical (unpaired) electrons. The van der Waals surface area contributed by atoms with E-state index in [4.69, 9.17) is 0 Å². The number of hydrogen-bond donors (Lipinski definition) is 2. The summed E-state index contributed by atoms with van der Waals surface area (Å²) in [7, 11) is -1.83. The standard InChI is InChI=1S/C22H28FN5O2S2/c1-15-19(9-10-21(26-15)32(29,30)27-20-13-31-14-25-20)24-11-17-16(7-6-8-18(17)23)12-28(5)22(2,3)4/h6-10,13-14,24,27H,11-12H2,1-5H3. The highest BCUT2D eigenvalue weighted by Crippen LogP contribution is 2.23. The van der Waals surface area contributed by atoms with Crippen molar-refractivity contribution < 1.29 is 12.8 Å². The zero-order valence-corrected chi connectivity index (χ0v) is 20.4. The Morgan fingerprint density at radius 2 is 1.94 bits per heavy atom. The fraction of sp³-hybridized carbons (Fsp3) is 0.364. The Kier molecular flexibility index (Phi) is 7.16. The van der Waals surface area contributed by atoms with Crippen LogP contribution in [0.5, 0.6) is 0 Å². The molecule has 32 heavy (non-hydrogen) atoms. The molecular formula is C22H28FN5O2S2. The fourth-order valence-corrected chi connectivity index (χ4v) is 4.51. The van der Waals surface area contributed by atoms with E-state index in [2.05, 4.69) is 45.7 Å². The van der Waals surface area contributed by atoms with Gasteiger partial charge in [0.2, 0.25) is 0 Å². The maximum absolute atomic E-state index is 14.6. The predicted molar refractivity (Wildman–Crippen MR) is 127 cm³/mol. The molecule has 0 atom stereocenters. The lowest BCUT2D eigenvalue weighted by atomic mass is 10.0. The number of aromatic nitrogens is 2. The Hall–Kier alpha value is -2.56. The van der Waals surface area contributed by atoms with Crippen LogP contribution in [0.4, 0.5) is 15.9 Å². The van der Waals surface area contributed by atoms with E-state index in [1.165, 1.54) is 23.5 Å². The third-order valence-electron chi connectivity index (χ3n) is 5.23. The normalized spacial score (nSPS) is 12.2. The molecule has 0 unspecified atom stereocenters. The Labute approximate surface area is 192 Å². The quantitative estimate of drug-likeness (QED) is 0.492. The lowest BCUT2D eigenvalue weighted by Gasteiger charge is -2.32. The van der Waals surface area contributed by atoms with Crippen LogP contribution in [0.3, 0.4) is 0 Å². The second-order valence-corrected chi connectivity index (χ2v) is 10.9. The molecule has 0 saturated carbocycles. The first-order chi connectivity index (χ1) is 15.0. The van der Waals surface area contributed by atoms with Gasteiger partial charge in [0.1, 0.15) is 5.82 Å². The first-order valence-corrected chi connectivity index (χ1v) is 12.5. The molecule has 172 valence electrons. The number of aryl methyl sites for hydroxylation is 1. The number of thiazole rings is 1.